The summed E-state index contributed by atoms with van der Waals surface area (Å²) < 4.78 is 10.9. The molecule has 3 aromatic carbocycles. The van der Waals surface area contributed by atoms with E-state index in [9.17, 15) is 0 Å². The van der Waals surface area contributed by atoms with Gasteiger partial charge in [0.15, 0.2) is 0 Å². The van der Waals surface area contributed by atoms with Crippen molar-refractivity contribution in [3.8, 4) is 11.5 Å². The fourth-order valence-electron chi connectivity index (χ4n) is 3.32. The van der Waals surface area contributed by atoms with E-state index in [0.717, 1.165) is 17.9 Å². The first-order valence-electron chi connectivity index (χ1n) is 9.43. The lowest BCUT2D eigenvalue weighted by Crippen LogP contribution is -1.96. The van der Waals surface area contributed by atoms with E-state index in [0.29, 0.717) is 6.61 Å². The van der Waals surface area contributed by atoms with Gasteiger partial charge in [0, 0.05) is 0 Å². The molecule has 0 N–H and O–H groups in total. The van der Waals surface area contributed by atoms with Crippen LogP contribution in [0.15, 0.2) is 78.9 Å². The van der Waals surface area contributed by atoms with Gasteiger partial charge in [-0.1, -0.05) is 61.5 Å². The summed E-state index contributed by atoms with van der Waals surface area (Å²) in [7, 11) is 1.69. The standard InChI is InChI=1S/C25H26O2/c1-4-24(19-11-17-23(18-12-19)27-5-2)25(20-9-7-6-8-10-20)21-13-15-22(26-3)16-14-21/h6-18H,4-5H2,1-3H3/b25-24+. The Bertz CT molecular complexity index is 876. The van der Waals surface area contributed by atoms with Crippen LogP contribution in [0.25, 0.3) is 11.1 Å². The summed E-state index contributed by atoms with van der Waals surface area (Å²) in [4.78, 5) is 0. The number of methoxy groups -OCH3 is 1. The Morgan fingerprint density at radius 2 is 1.22 bits per heavy atom. The summed E-state index contributed by atoms with van der Waals surface area (Å²) in [5, 5.41) is 0. The van der Waals surface area contributed by atoms with Crippen LogP contribution in [0.3, 0.4) is 0 Å². The van der Waals surface area contributed by atoms with Gasteiger partial charge in [0.25, 0.3) is 0 Å². The maximum Gasteiger partial charge on any atom is 0.119 e. The molecular weight excluding hydrogens is 332 g/mol. The van der Waals surface area contributed by atoms with Crippen molar-refractivity contribution < 1.29 is 9.47 Å². The third kappa shape index (κ3) is 4.40. The molecule has 0 aliphatic heterocycles. The summed E-state index contributed by atoms with van der Waals surface area (Å²) in [6, 6.07) is 27.3. The highest BCUT2D eigenvalue weighted by Gasteiger charge is 2.13. The van der Waals surface area contributed by atoms with Crippen LogP contribution in [0.2, 0.25) is 0 Å². The summed E-state index contributed by atoms with van der Waals surface area (Å²) >= 11 is 0. The van der Waals surface area contributed by atoms with Crippen molar-refractivity contribution in [2.45, 2.75) is 20.3 Å². The average molecular weight is 358 g/mol. The van der Waals surface area contributed by atoms with Crippen molar-refractivity contribution >= 4 is 11.1 Å². The molecule has 0 unspecified atom stereocenters. The second-order valence-electron chi connectivity index (χ2n) is 6.26. The molecule has 0 radical (unpaired) electrons. The number of ether oxygens (including phenoxy) is 2. The topological polar surface area (TPSA) is 18.5 Å². The zero-order valence-electron chi connectivity index (χ0n) is 16.2. The molecule has 3 aromatic rings. The van der Waals surface area contributed by atoms with Crippen molar-refractivity contribution in [2.75, 3.05) is 13.7 Å². The lowest BCUT2D eigenvalue weighted by atomic mass is 9.88. The summed E-state index contributed by atoms with van der Waals surface area (Å²) in [6.45, 7) is 4.89. The monoisotopic (exact) mass is 358 g/mol. The molecule has 0 bridgehead atoms. The van der Waals surface area contributed by atoms with Gasteiger partial charge >= 0.3 is 0 Å². The predicted octanol–water partition coefficient (Wildman–Crippen LogP) is 6.46. The zero-order valence-corrected chi connectivity index (χ0v) is 16.2. The van der Waals surface area contributed by atoms with Crippen molar-refractivity contribution in [1.82, 2.24) is 0 Å². The van der Waals surface area contributed by atoms with Crippen LogP contribution in [-0.4, -0.2) is 13.7 Å². The molecule has 0 saturated carbocycles. The van der Waals surface area contributed by atoms with E-state index >= 15 is 0 Å². The third-order valence-corrected chi connectivity index (χ3v) is 4.61. The molecule has 138 valence electrons. The molecule has 0 spiro atoms. The second-order valence-corrected chi connectivity index (χ2v) is 6.26. The van der Waals surface area contributed by atoms with E-state index in [1.54, 1.807) is 7.11 Å². The van der Waals surface area contributed by atoms with Crippen LogP contribution in [0.5, 0.6) is 11.5 Å². The minimum atomic E-state index is 0.678. The molecule has 27 heavy (non-hydrogen) atoms. The highest BCUT2D eigenvalue weighted by Crippen LogP contribution is 2.35. The number of allylic oxidation sites excluding steroid dienone is 1. The molecule has 0 aromatic heterocycles. The first-order valence-corrected chi connectivity index (χ1v) is 9.43. The lowest BCUT2D eigenvalue weighted by Gasteiger charge is -2.17. The molecule has 2 heteroatoms. The Morgan fingerprint density at radius 3 is 1.78 bits per heavy atom. The fraction of sp³-hybridized carbons (Fsp3) is 0.200. The highest BCUT2D eigenvalue weighted by atomic mass is 16.5. The van der Waals surface area contributed by atoms with Crippen molar-refractivity contribution in [1.29, 1.82) is 0 Å². The van der Waals surface area contributed by atoms with E-state index in [1.165, 1.54) is 27.8 Å². The molecule has 0 saturated heterocycles. The summed E-state index contributed by atoms with van der Waals surface area (Å²) in [5.41, 5.74) is 6.19. The smallest absolute Gasteiger partial charge is 0.119 e. The van der Waals surface area contributed by atoms with Gasteiger partial charge in [0.1, 0.15) is 11.5 Å². The number of benzene rings is 3. The number of hydrogen-bond donors (Lipinski definition) is 0. The van der Waals surface area contributed by atoms with Crippen LogP contribution in [0.1, 0.15) is 37.0 Å². The SMILES string of the molecule is CCOc1ccc(/C(CC)=C(\c2ccccc2)c2ccc(OC)cc2)cc1. The summed E-state index contributed by atoms with van der Waals surface area (Å²) in [5.74, 6) is 1.77. The van der Waals surface area contributed by atoms with Gasteiger partial charge in [0.2, 0.25) is 0 Å². The van der Waals surface area contributed by atoms with Crippen LogP contribution < -0.4 is 9.47 Å². The van der Waals surface area contributed by atoms with Gasteiger partial charge in [-0.25, -0.2) is 0 Å². The average Bonchev–Trinajstić information content (AvgIpc) is 2.74. The van der Waals surface area contributed by atoms with E-state index in [-0.39, 0.29) is 0 Å². The minimum absolute atomic E-state index is 0.678. The summed E-state index contributed by atoms with van der Waals surface area (Å²) in [6.07, 6.45) is 0.935. The van der Waals surface area contributed by atoms with Crippen LogP contribution in [-0.2, 0) is 0 Å². The Hall–Kier alpha value is -3.00. The van der Waals surface area contributed by atoms with Crippen LogP contribution in [0, 0.1) is 0 Å². The highest BCUT2D eigenvalue weighted by molar-refractivity contribution is 5.98. The maximum atomic E-state index is 5.60. The Morgan fingerprint density at radius 1 is 0.667 bits per heavy atom. The molecule has 2 nitrogen and oxygen atoms in total. The molecule has 0 fully saturated rings. The predicted molar refractivity (Wildman–Crippen MR) is 113 cm³/mol. The van der Waals surface area contributed by atoms with E-state index in [2.05, 4.69) is 61.5 Å². The number of hydrogen-bond acceptors (Lipinski definition) is 2. The van der Waals surface area contributed by atoms with Crippen molar-refractivity contribution in [2.24, 2.45) is 0 Å². The molecular formula is C25H26O2. The van der Waals surface area contributed by atoms with Crippen molar-refractivity contribution in [3.05, 3.63) is 95.6 Å². The fourth-order valence-corrected chi connectivity index (χ4v) is 3.32. The molecule has 0 aliphatic rings. The maximum absolute atomic E-state index is 5.60. The first kappa shape index (κ1) is 18.8. The molecule has 0 aliphatic carbocycles. The first-order chi connectivity index (χ1) is 13.3. The normalized spacial score (nSPS) is 11.7. The Kier molecular flexibility index (Phi) is 6.32. The van der Waals surface area contributed by atoms with Gasteiger partial charge in [0.05, 0.1) is 13.7 Å². The van der Waals surface area contributed by atoms with Gasteiger partial charge in [-0.3, -0.25) is 0 Å². The van der Waals surface area contributed by atoms with Gasteiger partial charge in [-0.15, -0.1) is 0 Å². The van der Waals surface area contributed by atoms with E-state index in [4.69, 9.17) is 9.47 Å². The molecule has 0 atom stereocenters. The molecule has 0 heterocycles. The van der Waals surface area contributed by atoms with Crippen LogP contribution in [0.4, 0.5) is 0 Å². The molecule has 3 rings (SSSR count). The quantitative estimate of drug-likeness (QED) is 0.451. The van der Waals surface area contributed by atoms with Gasteiger partial charge in [-0.05, 0) is 65.4 Å². The Labute approximate surface area is 162 Å². The zero-order chi connectivity index (χ0) is 19.1. The third-order valence-electron chi connectivity index (χ3n) is 4.61. The minimum Gasteiger partial charge on any atom is -0.497 e. The van der Waals surface area contributed by atoms with E-state index < -0.39 is 0 Å². The van der Waals surface area contributed by atoms with Gasteiger partial charge < -0.3 is 9.47 Å². The lowest BCUT2D eigenvalue weighted by molar-refractivity contribution is 0.340. The van der Waals surface area contributed by atoms with Crippen molar-refractivity contribution in [3.63, 3.8) is 0 Å². The second kappa shape index (κ2) is 9.09. The largest absolute Gasteiger partial charge is 0.497 e. The Balaban J connectivity index is 2.15. The van der Waals surface area contributed by atoms with E-state index in [1.807, 2.05) is 31.2 Å². The number of rotatable bonds is 7. The van der Waals surface area contributed by atoms with Gasteiger partial charge in [-0.2, -0.15) is 0 Å². The molecule has 0 amide bonds. The van der Waals surface area contributed by atoms with Crippen LogP contribution >= 0.6 is 0 Å².